The number of nitrogens with two attached hydrogens (primary N) is 1. The van der Waals surface area contributed by atoms with Crippen molar-refractivity contribution in [3.05, 3.63) is 54.1 Å². The van der Waals surface area contributed by atoms with Gasteiger partial charge in [0, 0.05) is 0 Å². The number of ether oxygens (including phenoxy) is 1. The van der Waals surface area contributed by atoms with E-state index in [1.807, 2.05) is 30.3 Å². The smallest absolute Gasteiger partial charge is 0.260 e. The fourth-order valence-electron chi connectivity index (χ4n) is 2.97. The lowest BCUT2D eigenvalue weighted by Gasteiger charge is -2.34. The summed E-state index contributed by atoms with van der Waals surface area (Å²) in [4.78, 5) is 4.30. The Bertz CT molecular complexity index is 907. The molecule has 1 fully saturated rings. The van der Waals surface area contributed by atoms with E-state index in [4.69, 9.17) is 15.0 Å². The molecule has 136 valence electrons. The van der Waals surface area contributed by atoms with E-state index in [-0.39, 0.29) is 23.9 Å². The van der Waals surface area contributed by atoms with Crippen LogP contribution in [0.25, 0.3) is 22.6 Å². The van der Waals surface area contributed by atoms with E-state index in [0.29, 0.717) is 5.82 Å². The van der Waals surface area contributed by atoms with E-state index in [1.165, 1.54) is 6.07 Å². The maximum absolute atomic E-state index is 14.6. The van der Waals surface area contributed by atoms with Crippen molar-refractivity contribution < 1.29 is 13.7 Å². The van der Waals surface area contributed by atoms with Gasteiger partial charge in [0.25, 0.3) is 5.89 Å². The number of rotatable bonds is 4. The van der Waals surface area contributed by atoms with E-state index in [0.717, 1.165) is 36.1 Å². The number of halogens is 2. The van der Waals surface area contributed by atoms with Gasteiger partial charge in [-0.05, 0) is 54.7 Å². The zero-order chi connectivity index (χ0) is 17.4. The number of hydrogen-bond donors (Lipinski definition) is 1. The van der Waals surface area contributed by atoms with Gasteiger partial charge in [-0.25, -0.2) is 4.39 Å². The zero-order valence-electron chi connectivity index (χ0n) is 14.2. The summed E-state index contributed by atoms with van der Waals surface area (Å²) < 4.78 is 25.0. The molecular weight excluding hydrogens is 357 g/mol. The van der Waals surface area contributed by atoms with Gasteiger partial charge in [-0.3, -0.25) is 0 Å². The van der Waals surface area contributed by atoms with Gasteiger partial charge in [0.05, 0.1) is 18.2 Å². The Morgan fingerprint density at radius 2 is 1.81 bits per heavy atom. The fraction of sp³-hybridized carbons (Fsp3) is 0.263. The van der Waals surface area contributed by atoms with Crippen LogP contribution < -0.4 is 10.5 Å². The Kier molecular flexibility index (Phi) is 4.98. The molecule has 5 nitrogen and oxygen atoms in total. The Balaban J connectivity index is 0.00000196. The quantitative estimate of drug-likeness (QED) is 0.735. The van der Waals surface area contributed by atoms with Gasteiger partial charge in [-0.15, -0.1) is 12.4 Å². The molecule has 1 aliphatic carbocycles. The van der Waals surface area contributed by atoms with Crippen LogP contribution in [0.4, 0.5) is 4.39 Å². The van der Waals surface area contributed by atoms with Crippen molar-refractivity contribution in [1.82, 2.24) is 10.1 Å². The van der Waals surface area contributed by atoms with Crippen LogP contribution in [-0.4, -0.2) is 17.3 Å². The SMILES string of the molecule is COc1ccc(-c2ccc(-c3nc(C4(N)CCC4)no3)c(F)c2)cc1.Cl. The predicted octanol–water partition coefficient (Wildman–Crippen LogP) is 4.31. The van der Waals surface area contributed by atoms with E-state index in [9.17, 15) is 4.39 Å². The third-order valence-electron chi connectivity index (χ3n) is 4.74. The Morgan fingerprint density at radius 1 is 1.12 bits per heavy atom. The molecule has 0 amide bonds. The largest absolute Gasteiger partial charge is 0.497 e. The number of benzene rings is 2. The lowest BCUT2D eigenvalue weighted by Crippen LogP contribution is -2.44. The number of nitrogens with zero attached hydrogens (tertiary/aromatic N) is 2. The van der Waals surface area contributed by atoms with Crippen LogP contribution in [-0.2, 0) is 5.54 Å². The maximum Gasteiger partial charge on any atom is 0.260 e. The molecule has 1 saturated carbocycles. The Morgan fingerprint density at radius 3 is 2.38 bits per heavy atom. The zero-order valence-corrected chi connectivity index (χ0v) is 15.1. The van der Waals surface area contributed by atoms with Gasteiger partial charge in [-0.1, -0.05) is 23.4 Å². The minimum absolute atomic E-state index is 0. The van der Waals surface area contributed by atoms with Crippen LogP contribution in [0, 0.1) is 5.82 Å². The van der Waals surface area contributed by atoms with E-state index < -0.39 is 11.4 Å². The molecule has 0 aliphatic heterocycles. The minimum atomic E-state index is -0.527. The molecule has 7 heteroatoms. The van der Waals surface area contributed by atoms with Crippen LogP contribution in [0.15, 0.2) is 47.0 Å². The summed E-state index contributed by atoms with van der Waals surface area (Å²) in [5.74, 6) is 0.951. The first-order valence-corrected chi connectivity index (χ1v) is 8.16. The summed E-state index contributed by atoms with van der Waals surface area (Å²) in [5, 5.41) is 3.94. The van der Waals surface area contributed by atoms with Gasteiger partial charge in [-0.2, -0.15) is 4.98 Å². The molecule has 0 radical (unpaired) electrons. The van der Waals surface area contributed by atoms with Crippen LogP contribution in [0.2, 0.25) is 0 Å². The molecule has 0 bridgehead atoms. The standard InChI is InChI=1S/C19H18FN3O2.ClH/c1-24-14-6-3-12(4-7-14)13-5-8-15(16(20)11-13)17-22-18(23-25-17)19(21)9-2-10-19;/h3-8,11H,2,9-10,21H2,1H3;1H. The first-order chi connectivity index (χ1) is 12.1. The lowest BCUT2D eigenvalue weighted by molar-refractivity contribution is 0.229. The molecule has 0 saturated heterocycles. The maximum atomic E-state index is 14.6. The topological polar surface area (TPSA) is 74.2 Å². The molecule has 0 atom stereocenters. The van der Waals surface area contributed by atoms with Gasteiger partial charge < -0.3 is 15.0 Å². The summed E-state index contributed by atoms with van der Waals surface area (Å²) in [7, 11) is 1.61. The number of aromatic nitrogens is 2. The van der Waals surface area contributed by atoms with Gasteiger partial charge in [0.15, 0.2) is 5.82 Å². The summed E-state index contributed by atoms with van der Waals surface area (Å²) in [6.07, 6.45) is 2.70. The molecule has 3 aromatic rings. The van der Waals surface area contributed by atoms with Crippen LogP contribution in [0.5, 0.6) is 5.75 Å². The van der Waals surface area contributed by atoms with Crippen molar-refractivity contribution in [2.75, 3.05) is 7.11 Å². The predicted molar refractivity (Wildman–Crippen MR) is 98.6 cm³/mol. The third-order valence-corrected chi connectivity index (χ3v) is 4.74. The highest BCUT2D eigenvalue weighted by Gasteiger charge is 2.39. The third kappa shape index (κ3) is 3.18. The highest BCUT2D eigenvalue weighted by molar-refractivity contribution is 5.85. The minimum Gasteiger partial charge on any atom is -0.497 e. The molecule has 26 heavy (non-hydrogen) atoms. The van der Waals surface area contributed by atoms with Crippen molar-refractivity contribution in [2.45, 2.75) is 24.8 Å². The second-order valence-electron chi connectivity index (χ2n) is 6.36. The second kappa shape index (κ2) is 7.05. The average Bonchev–Trinajstić information content (AvgIpc) is 3.10. The average molecular weight is 376 g/mol. The molecule has 1 aliphatic rings. The molecule has 0 spiro atoms. The fourth-order valence-corrected chi connectivity index (χ4v) is 2.97. The van der Waals surface area contributed by atoms with Gasteiger partial charge in [0.2, 0.25) is 0 Å². The van der Waals surface area contributed by atoms with Gasteiger partial charge in [0.1, 0.15) is 11.6 Å². The number of methoxy groups -OCH3 is 1. The van der Waals surface area contributed by atoms with Crippen molar-refractivity contribution in [1.29, 1.82) is 0 Å². The summed E-state index contributed by atoms with van der Waals surface area (Å²) in [6.45, 7) is 0. The molecule has 1 heterocycles. The molecule has 1 aromatic heterocycles. The van der Waals surface area contributed by atoms with E-state index in [2.05, 4.69) is 10.1 Å². The highest BCUT2D eigenvalue weighted by atomic mass is 35.5. The Labute approximate surface area is 156 Å². The van der Waals surface area contributed by atoms with E-state index >= 15 is 0 Å². The summed E-state index contributed by atoms with van der Waals surface area (Å²) >= 11 is 0. The van der Waals surface area contributed by atoms with Crippen LogP contribution in [0.1, 0.15) is 25.1 Å². The summed E-state index contributed by atoms with van der Waals surface area (Å²) in [6, 6.07) is 12.4. The van der Waals surface area contributed by atoms with Crippen molar-refractivity contribution >= 4 is 12.4 Å². The second-order valence-corrected chi connectivity index (χ2v) is 6.36. The lowest BCUT2D eigenvalue weighted by atomic mass is 9.77. The van der Waals surface area contributed by atoms with Crippen molar-refractivity contribution in [3.63, 3.8) is 0 Å². The molecule has 2 aromatic carbocycles. The number of hydrogen-bond acceptors (Lipinski definition) is 5. The monoisotopic (exact) mass is 375 g/mol. The first kappa shape index (κ1) is 18.4. The summed E-state index contributed by atoms with van der Waals surface area (Å²) in [5.41, 5.74) is 7.60. The van der Waals surface area contributed by atoms with E-state index in [1.54, 1.807) is 13.2 Å². The first-order valence-electron chi connectivity index (χ1n) is 8.16. The molecule has 2 N–H and O–H groups in total. The van der Waals surface area contributed by atoms with Crippen LogP contribution >= 0.6 is 12.4 Å². The normalized spacial score (nSPS) is 15.0. The highest BCUT2D eigenvalue weighted by Crippen LogP contribution is 2.38. The van der Waals surface area contributed by atoms with Gasteiger partial charge >= 0.3 is 0 Å². The van der Waals surface area contributed by atoms with Crippen molar-refractivity contribution in [2.24, 2.45) is 5.73 Å². The van der Waals surface area contributed by atoms with Crippen molar-refractivity contribution in [3.8, 4) is 28.3 Å². The van der Waals surface area contributed by atoms with Crippen LogP contribution in [0.3, 0.4) is 0 Å². The molecule has 4 rings (SSSR count). The molecule has 0 unspecified atom stereocenters. The Hall–Kier alpha value is -2.44. The molecular formula is C19H19ClFN3O2.